The first-order chi connectivity index (χ1) is 41.0. The second-order valence-corrected chi connectivity index (χ2v) is 26.7. The van der Waals surface area contributed by atoms with E-state index in [4.69, 9.17) is 54.5 Å². The van der Waals surface area contributed by atoms with Crippen LogP contribution in [0.1, 0.15) is 144 Å². The predicted octanol–water partition coefficient (Wildman–Crippen LogP) is 11.3. The predicted molar refractivity (Wildman–Crippen MR) is 341 cm³/mol. The maximum atomic E-state index is 12.8. The minimum absolute atomic E-state index is 0.0485. The van der Waals surface area contributed by atoms with Crippen molar-refractivity contribution in [3.05, 3.63) is 190 Å². The van der Waals surface area contributed by atoms with Gasteiger partial charge in [0.1, 0.15) is 23.2 Å². The van der Waals surface area contributed by atoms with Crippen LogP contribution in [0.3, 0.4) is 0 Å². The summed E-state index contributed by atoms with van der Waals surface area (Å²) < 4.78 is 5.59. The number of halogens is 3. The zero-order valence-electron chi connectivity index (χ0n) is 51.5. The van der Waals surface area contributed by atoms with Gasteiger partial charge in [0.05, 0.1) is 47.3 Å². The van der Waals surface area contributed by atoms with E-state index >= 15 is 0 Å². The van der Waals surface area contributed by atoms with Crippen LogP contribution >= 0.6 is 34.8 Å². The van der Waals surface area contributed by atoms with Crippen LogP contribution in [0.5, 0.6) is 0 Å². The van der Waals surface area contributed by atoms with Gasteiger partial charge in [-0.3, -0.25) is 53.8 Å². The summed E-state index contributed by atoms with van der Waals surface area (Å²) in [7, 11) is 2.04. The molecule has 17 heteroatoms. The molecule has 14 nitrogen and oxygen atoms in total. The summed E-state index contributed by atoms with van der Waals surface area (Å²) in [5, 5.41) is 5.62. The Morgan fingerprint density at radius 3 is 1.28 bits per heavy atom. The molecule has 3 unspecified atom stereocenters. The van der Waals surface area contributed by atoms with E-state index in [1.165, 1.54) is 61.2 Å². The van der Waals surface area contributed by atoms with Crippen molar-refractivity contribution in [1.29, 1.82) is 0 Å². The molecule has 0 radical (unpaired) electrons. The molecular formula is C69H82Cl3N9O5. The molecule has 6 atom stereocenters. The van der Waals surface area contributed by atoms with Crippen LogP contribution in [-0.4, -0.2) is 153 Å². The lowest BCUT2D eigenvalue weighted by atomic mass is 9.94. The van der Waals surface area contributed by atoms with Gasteiger partial charge in [-0.15, -0.1) is 0 Å². The monoisotopic (exact) mass is 1220 g/mol. The Hall–Kier alpha value is -5.94. The van der Waals surface area contributed by atoms with Crippen LogP contribution in [0, 0.1) is 20.8 Å². The van der Waals surface area contributed by atoms with E-state index < -0.39 is 17.7 Å². The highest BCUT2D eigenvalue weighted by Crippen LogP contribution is 2.42. The zero-order chi connectivity index (χ0) is 61.3. The van der Waals surface area contributed by atoms with Gasteiger partial charge in [0.15, 0.2) is 5.78 Å². The summed E-state index contributed by atoms with van der Waals surface area (Å²) in [6.45, 7) is 23.1. The molecule has 3 aliphatic heterocycles. The van der Waals surface area contributed by atoms with E-state index in [2.05, 4.69) is 94.2 Å². The molecule has 0 bridgehead atoms. The molecule has 12 rings (SSSR count). The van der Waals surface area contributed by atoms with Crippen LogP contribution < -0.4 is 5.32 Å². The molecule has 1 amide bonds. The fraction of sp³-hybridized carbons (Fsp3) is 0.464. The van der Waals surface area contributed by atoms with Crippen molar-refractivity contribution in [2.45, 2.75) is 143 Å². The molecule has 6 aromatic rings. The smallest absolute Gasteiger partial charge is 0.410 e. The third kappa shape index (κ3) is 14.3. The van der Waals surface area contributed by atoms with Crippen molar-refractivity contribution in [1.82, 2.24) is 44.8 Å². The first kappa shape index (κ1) is 63.1. The molecule has 3 fully saturated rings. The maximum Gasteiger partial charge on any atom is 0.410 e. The SMILES string of the molecule is CC(=O)[C@H]1CN(C2c3ccc(Cl)cc3CCc3cc(C)cnc32)CCN1.CC(=O)[C@H]1CN(C2c3ccc(Cl)cc3CCc3cc(C)cnc32)CCN1C.CC(=O)[C@H]1CN(C2c3ccc(Cl)cc3CCc3cc(C)cnc32)CCN1C(=O)OC(C)(C)C. The van der Waals surface area contributed by atoms with Gasteiger partial charge < -0.3 is 10.1 Å². The number of carbonyl (C=O) groups is 4. The molecule has 86 heavy (non-hydrogen) atoms. The lowest BCUT2D eigenvalue weighted by Gasteiger charge is -2.43. The Balaban J connectivity index is 0.000000144. The van der Waals surface area contributed by atoms with Crippen LogP contribution in [0.15, 0.2) is 91.4 Å². The van der Waals surface area contributed by atoms with E-state index in [0.717, 1.165) is 109 Å². The van der Waals surface area contributed by atoms with Gasteiger partial charge >= 0.3 is 6.09 Å². The molecule has 1 N–H and O–H groups in total. The molecule has 6 heterocycles. The van der Waals surface area contributed by atoms with Crippen molar-refractivity contribution in [3.63, 3.8) is 0 Å². The number of nitrogens with one attached hydrogen (secondary N) is 1. The largest absolute Gasteiger partial charge is 0.444 e. The van der Waals surface area contributed by atoms with Crippen LogP contribution in [0.4, 0.5) is 4.79 Å². The minimum Gasteiger partial charge on any atom is -0.444 e. The van der Waals surface area contributed by atoms with Gasteiger partial charge in [0, 0.05) is 92.6 Å². The molecule has 454 valence electrons. The third-order valence-corrected chi connectivity index (χ3v) is 18.5. The Morgan fingerprint density at radius 1 is 0.500 bits per heavy atom. The number of aromatic nitrogens is 3. The fourth-order valence-electron chi connectivity index (χ4n) is 13.6. The standard InChI is InChI=1S/C26H32ClN3O3.C22H26ClN3O.C21H24ClN3O/c1-16-12-19-7-6-18-13-20(27)8-9-21(18)24(23(19)28-14-16)29-10-11-30(22(15-29)17(2)31)25(32)33-26(3,4)5;1-14-10-17-5-4-16-11-18(23)6-7-19(16)22(21(17)24-12-14)26-9-8-25(3)20(13-26)15(2)27;1-13-9-16-4-3-15-10-17(22)5-6-18(15)21(20(16)24-11-13)25-8-7-23-19(12-25)14(2)26/h8-9,12-14,22,24H,6-7,10-11,15H2,1-5H3;6-7,10-12,20,22H,4-5,8-9,13H2,1-3H3;5-6,9-11,19,21,23H,3-4,7-8,12H2,1-2H3/t22-,24?;20-,22?;19-,21?/m111/s1. The molecule has 3 saturated heterocycles. The van der Waals surface area contributed by atoms with Gasteiger partial charge in [0.2, 0.25) is 0 Å². The number of hydrogen-bond acceptors (Lipinski definition) is 13. The van der Waals surface area contributed by atoms with Gasteiger partial charge in [-0.1, -0.05) is 71.2 Å². The molecule has 6 aliphatic rings. The lowest BCUT2D eigenvalue weighted by Crippen LogP contribution is -2.59. The van der Waals surface area contributed by atoms with Gasteiger partial charge in [-0.25, -0.2) is 4.79 Å². The molecule has 3 aromatic carbocycles. The van der Waals surface area contributed by atoms with Crippen molar-refractivity contribution >= 4 is 58.2 Å². The number of hydrogen-bond donors (Lipinski definition) is 1. The number of nitrogens with zero attached hydrogens (tertiary/aromatic N) is 8. The maximum absolute atomic E-state index is 12.8. The number of rotatable bonds is 6. The number of likely N-dealkylation sites (N-methyl/N-ethyl adjacent to an activating group) is 1. The van der Waals surface area contributed by atoms with E-state index in [0.29, 0.717) is 26.2 Å². The van der Waals surface area contributed by atoms with Crippen molar-refractivity contribution in [3.8, 4) is 0 Å². The molecule has 3 aliphatic carbocycles. The molecule has 0 saturated carbocycles. The Kier molecular flexibility index (Phi) is 19.7. The number of aryl methyl sites for hydroxylation is 9. The number of Topliss-reactive ketones (excluding diaryl/α,β-unsaturated/α-hetero) is 3. The molecular weight excluding hydrogens is 1140 g/mol. The normalized spacial score (nSPS) is 22.4. The van der Waals surface area contributed by atoms with Gasteiger partial charge in [-0.2, -0.15) is 0 Å². The Labute approximate surface area is 523 Å². The second kappa shape index (κ2) is 26.8. The van der Waals surface area contributed by atoms with E-state index in [1.807, 2.05) is 70.7 Å². The number of amides is 1. The van der Waals surface area contributed by atoms with Crippen LogP contribution in [0.2, 0.25) is 15.1 Å². The van der Waals surface area contributed by atoms with Crippen molar-refractivity contribution in [2.75, 3.05) is 66.0 Å². The highest BCUT2D eigenvalue weighted by Gasteiger charge is 2.42. The number of piperazine rings is 3. The number of ketones is 3. The fourth-order valence-corrected chi connectivity index (χ4v) is 14.1. The summed E-state index contributed by atoms with van der Waals surface area (Å²) in [4.78, 5) is 75.1. The van der Waals surface area contributed by atoms with Crippen molar-refractivity contribution < 1.29 is 23.9 Å². The zero-order valence-corrected chi connectivity index (χ0v) is 53.8. The van der Waals surface area contributed by atoms with Gasteiger partial charge in [-0.05, 0) is 211 Å². The minimum atomic E-state index is -0.615. The second-order valence-electron chi connectivity index (χ2n) is 25.4. The average molecular weight is 1220 g/mol. The number of ether oxygens (including phenoxy) is 1. The quantitative estimate of drug-likeness (QED) is 0.169. The topological polar surface area (TPSA) is 144 Å². The Bertz CT molecular complexity index is 3370. The van der Waals surface area contributed by atoms with E-state index in [9.17, 15) is 19.2 Å². The summed E-state index contributed by atoms with van der Waals surface area (Å²) in [6.07, 6.45) is 11.0. The summed E-state index contributed by atoms with van der Waals surface area (Å²) in [5.74, 6) is 0.369. The third-order valence-electron chi connectivity index (χ3n) is 17.8. The van der Waals surface area contributed by atoms with Crippen molar-refractivity contribution in [2.24, 2.45) is 0 Å². The van der Waals surface area contributed by atoms with Crippen LogP contribution in [-0.2, 0) is 57.6 Å². The highest BCUT2D eigenvalue weighted by atomic mass is 35.5. The number of carbonyl (C=O) groups excluding carboxylic acids is 4. The van der Waals surface area contributed by atoms with Crippen LogP contribution in [0.25, 0.3) is 0 Å². The summed E-state index contributed by atoms with van der Waals surface area (Å²) in [6, 6.07) is 24.5. The number of pyridine rings is 3. The number of benzene rings is 3. The highest BCUT2D eigenvalue weighted by molar-refractivity contribution is 6.31. The first-order valence-electron chi connectivity index (χ1n) is 30.4. The molecule has 3 aromatic heterocycles. The summed E-state index contributed by atoms with van der Waals surface area (Å²) >= 11 is 18.9. The van der Waals surface area contributed by atoms with Gasteiger partial charge in [0.25, 0.3) is 0 Å². The molecule has 0 spiro atoms. The van der Waals surface area contributed by atoms with E-state index in [-0.39, 0.29) is 47.6 Å². The average Bonchev–Trinajstić information content (AvgIpc) is 2.52. The lowest BCUT2D eigenvalue weighted by molar-refractivity contribution is -0.125. The van der Waals surface area contributed by atoms with E-state index in [1.54, 1.807) is 25.7 Å². The first-order valence-corrected chi connectivity index (χ1v) is 31.5. The summed E-state index contributed by atoms with van der Waals surface area (Å²) in [5.41, 5.74) is 17.5. The Morgan fingerprint density at radius 2 is 0.884 bits per heavy atom. The number of fused-ring (bicyclic) bond motifs is 6.